The van der Waals surface area contributed by atoms with Gasteiger partial charge in [-0.1, -0.05) is 25.4 Å². The first-order chi connectivity index (χ1) is 10.3. The highest BCUT2D eigenvalue weighted by atomic mass is 35.5. The second kappa shape index (κ2) is 9.75. The Labute approximate surface area is 149 Å². The molecule has 1 aromatic rings. The van der Waals surface area contributed by atoms with Crippen LogP contribution < -0.4 is 11.1 Å². The molecule has 0 saturated heterocycles. The van der Waals surface area contributed by atoms with Crippen LogP contribution in [0.3, 0.4) is 0 Å². The normalized spacial score (nSPS) is 11.6. The smallest absolute Gasteiger partial charge is 0.255 e. The minimum absolute atomic E-state index is 0. The minimum atomic E-state index is -0.220. The molecule has 1 aromatic carbocycles. The van der Waals surface area contributed by atoms with E-state index in [1.54, 1.807) is 30.1 Å². The molecule has 0 saturated carbocycles. The summed E-state index contributed by atoms with van der Waals surface area (Å²) in [6.07, 6.45) is 0.427. The highest BCUT2D eigenvalue weighted by molar-refractivity contribution is 6.34. The molecular weight excluding hydrogens is 337 g/mol. The van der Waals surface area contributed by atoms with Gasteiger partial charge in [-0.05, 0) is 31.0 Å². The molecule has 1 unspecified atom stereocenters. The van der Waals surface area contributed by atoms with Gasteiger partial charge < -0.3 is 16.0 Å². The van der Waals surface area contributed by atoms with Gasteiger partial charge in [0.1, 0.15) is 0 Å². The summed E-state index contributed by atoms with van der Waals surface area (Å²) < 4.78 is 0. The number of nitrogens with one attached hydrogen (secondary N) is 1. The lowest BCUT2D eigenvalue weighted by atomic mass is 10.1. The monoisotopic (exact) mass is 361 g/mol. The van der Waals surface area contributed by atoms with Gasteiger partial charge in [0.15, 0.2) is 0 Å². The molecular formula is C16H25Cl2N3O2. The van der Waals surface area contributed by atoms with E-state index in [1.165, 1.54) is 0 Å². The van der Waals surface area contributed by atoms with E-state index in [4.69, 9.17) is 17.3 Å². The van der Waals surface area contributed by atoms with Gasteiger partial charge in [0, 0.05) is 31.7 Å². The van der Waals surface area contributed by atoms with Gasteiger partial charge in [-0.3, -0.25) is 9.59 Å². The summed E-state index contributed by atoms with van der Waals surface area (Å²) in [4.78, 5) is 25.8. The lowest BCUT2D eigenvalue weighted by molar-refractivity contribution is -0.116. The van der Waals surface area contributed by atoms with Crippen LogP contribution in [0.2, 0.25) is 5.02 Å². The molecule has 0 aliphatic rings. The highest BCUT2D eigenvalue weighted by Crippen LogP contribution is 2.23. The maximum Gasteiger partial charge on any atom is 0.255 e. The molecule has 0 fully saturated rings. The van der Waals surface area contributed by atoms with Gasteiger partial charge in [0.05, 0.1) is 10.6 Å². The third kappa shape index (κ3) is 6.37. The first-order valence-electron chi connectivity index (χ1n) is 7.32. The van der Waals surface area contributed by atoms with Crippen LogP contribution in [-0.2, 0) is 4.79 Å². The van der Waals surface area contributed by atoms with Crippen LogP contribution in [-0.4, -0.2) is 36.3 Å². The largest absolute Gasteiger partial charge is 0.338 e. The number of amides is 2. The van der Waals surface area contributed by atoms with E-state index in [2.05, 4.69) is 5.32 Å². The van der Waals surface area contributed by atoms with Crippen molar-refractivity contribution in [2.45, 2.75) is 33.2 Å². The standard InChI is InChI=1S/C16H24ClN3O2.ClH/c1-10(2)7-15(21)19-12-5-6-14(17)13(8-12)16(22)20(4)11(3)9-18;/h5-6,8,10-11H,7,9,18H2,1-4H3,(H,19,21);1H. The van der Waals surface area contributed by atoms with Crippen molar-refractivity contribution in [2.75, 3.05) is 18.9 Å². The number of hydrogen-bond acceptors (Lipinski definition) is 3. The molecule has 0 spiro atoms. The highest BCUT2D eigenvalue weighted by Gasteiger charge is 2.19. The summed E-state index contributed by atoms with van der Waals surface area (Å²) in [6, 6.07) is 4.80. The number of nitrogens with zero attached hydrogens (tertiary/aromatic N) is 1. The summed E-state index contributed by atoms with van der Waals surface area (Å²) in [5.74, 6) is -0.0350. The van der Waals surface area contributed by atoms with Gasteiger partial charge >= 0.3 is 0 Å². The molecule has 130 valence electrons. The number of anilines is 1. The fourth-order valence-corrected chi connectivity index (χ4v) is 2.10. The van der Waals surface area contributed by atoms with Crippen LogP contribution in [0.15, 0.2) is 18.2 Å². The van der Waals surface area contributed by atoms with Crippen LogP contribution in [0.1, 0.15) is 37.6 Å². The van der Waals surface area contributed by atoms with E-state index in [-0.39, 0.29) is 36.2 Å². The van der Waals surface area contributed by atoms with E-state index in [1.807, 2.05) is 20.8 Å². The molecule has 23 heavy (non-hydrogen) atoms. The number of nitrogens with two attached hydrogens (primary N) is 1. The predicted octanol–water partition coefficient (Wildman–Crippen LogP) is 3.17. The molecule has 2 amide bonds. The molecule has 0 aliphatic heterocycles. The number of likely N-dealkylation sites (N-methyl/N-ethyl adjacent to an activating group) is 1. The Morgan fingerprint density at radius 2 is 1.91 bits per heavy atom. The summed E-state index contributed by atoms with van der Waals surface area (Å²) in [7, 11) is 1.68. The fourth-order valence-electron chi connectivity index (χ4n) is 1.90. The topological polar surface area (TPSA) is 75.4 Å². The maximum atomic E-state index is 12.5. The molecule has 5 nitrogen and oxygen atoms in total. The first kappa shape index (κ1) is 21.7. The molecule has 0 heterocycles. The molecule has 1 rings (SSSR count). The zero-order chi connectivity index (χ0) is 16.9. The van der Waals surface area contributed by atoms with Crippen LogP contribution in [0, 0.1) is 5.92 Å². The van der Waals surface area contributed by atoms with E-state index < -0.39 is 0 Å². The van der Waals surface area contributed by atoms with Crippen LogP contribution in [0.25, 0.3) is 0 Å². The molecule has 3 N–H and O–H groups in total. The van der Waals surface area contributed by atoms with Gasteiger partial charge in [-0.15, -0.1) is 12.4 Å². The lowest BCUT2D eigenvalue weighted by Crippen LogP contribution is -2.39. The third-order valence-corrected chi connectivity index (χ3v) is 3.73. The van der Waals surface area contributed by atoms with Gasteiger partial charge in [0.25, 0.3) is 5.91 Å². The Balaban J connectivity index is 0.00000484. The van der Waals surface area contributed by atoms with Crippen LogP contribution in [0.4, 0.5) is 5.69 Å². The molecule has 7 heteroatoms. The predicted molar refractivity (Wildman–Crippen MR) is 97.4 cm³/mol. The van der Waals surface area contributed by atoms with Crippen molar-refractivity contribution in [2.24, 2.45) is 11.7 Å². The van der Waals surface area contributed by atoms with Crippen molar-refractivity contribution in [3.8, 4) is 0 Å². The summed E-state index contributed by atoms with van der Waals surface area (Å²) in [5.41, 5.74) is 6.50. The summed E-state index contributed by atoms with van der Waals surface area (Å²) >= 11 is 6.11. The Bertz CT molecular complexity index is 550. The molecule has 0 radical (unpaired) electrons. The number of hydrogen-bond donors (Lipinski definition) is 2. The van der Waals surface area contributed by atoms with E-state index in [9.17, 15) is 9.59 Å². The molecule has 0 aliphatic carbocycles. The lowest BCUT2D eigenvalue weighted by Gasteiger charge is -2.24. The average Bonchev–Trinajstić information content (AvgIpc) is 2.46. The van der Waals surface area contributed by atoms with Crippen molar-refractivity contribution in [3.63, 3.8) is 0 Å². The first-order valence-corrected chi connectivity index (χ1v) is 7.70. The van der Waals surface area contributed by atoms with Crippen molar-refractivity contribution < 1.29 is 9.59 Å². The fraction of sp³-hybridized carbons (Fsp3) is 0.500. The third-order valence-electron chi connectivity index (χ3n) is 3.40. The maximum absolute atomic E-state index is 12.5. The van der Waals surface area contributed by atoms with E-state index >= 15 is 0 Å². The van der Waals surface area contributed by atoms with Gasteiger partial charge in [0.2, 0.25) is 5.91 Å². The minimum Gasteiger partial charge on any atom is -0.338 e. The summed E-state index contributed by atoms with van der Waals surface area (Å²) in [5, 5.41) is 3.13. The van der Waals surface area contributed by atoms with Crippen LogP contribution >= 0.6 is 24.0 Å². The molecule has 1 atom stereocenters. The zero-order valence-corrected chi connectivity index (χ0v) is 15.5. The Morgan fingerprint density at radius 1 is 1.30 bits per heavy atom. The summed E-state index contributed by atoms with van der Waals surface area (Å²) in [6.45, 7) is 6.17. The van der Waals surface area contributed by atoms with Crippen molar-refractivity contribution in [1.29, 1.82) is 0 Å². The number of rotatable bonds is 6. The van der Waals surface area contributed by atoms with E-state index in [0.717, 1.165) is 0 Å². The quantitative estimate of drug-likeness (QED) is 0.816. The number of carbonyl (C=O) groups is 2. The van der Waals surface area contributed by atoms with Crippen molar-refractivity contribution in [1.82, 2.24) is 4.90 Å². The Kier molecular flexibility index (Phi) is 9.20. The van der Waals surface area contributed by atoms with Crippen molar-refractivity contribution >= 4 is 41.5 Å². The molecule has 0 aromatic heterocycles. The zero-order valence-electron chi connectivity index (χ0n) is 13.9. The van der Waals surface area contributed by atoms with E-state index in [0.29, 0.717) is 29.2 Å². The number of carbonyl (C=O) groups excluding carboxylic acids is 2. The van der Waals surface area contributed by atoms with Gasteiger partial charge in [-0.25, -0.2) is 0 Å². The molecule has 0 bridgehead atoms. The number of benzene rings is 1. The second-order valence-corrected chi connectivity index (χ2v) is 6.25. The SMILES string of the molecule is CC(C)CC(=O)Nc1ccc(Cl)c(C(=O)N(C)C(C)CN)c1.Cl. The Morgan fingerprint density at radius 3 is 2.43 bits per heavy atom. The number of halogens is 2. The Hall–Kier alpha value is -1.30. The van der Waals surface area contributed by atoms with Gasteiger partial charge in [-0.2, -0.15) is 0 Å². The van der Waals surface area contributed by atoms with Crippen LogP contribution in [0.5, 0.6) is 0 Å². The average molecular weight is 362 g/mol. The second-order valence-electron chi connectivity index (χ2n) is 5.84. The van der Waals surface area contributed by atoms with Crippen molar-refractivity contribution in [3.05, 3.63) is 28.8 Å².